The van der Waals surface area contributed by atoms with Crippen LogP contribution in [-0.2, 0) is 0 Å². The second kappa shape index (κ2) is 7.13. The van der Waals surface area contributed by atoms with Gasteiger partial charge in [-0.15, -0.1) is 0 Å². The monoisotopic (exact) mass is 318 g/mol. The molecular weight excluding hydrogens is 296 g/mol. The molecule has 0 aliphatic rings. The van der Waals surface area contributed by atoms with Crippen molar-refractivity contribution in [3.8, 4) is 0 Å². The van der Waals surface area contributed by atoms with Gasteiger partial charge in [-0.25, -0.2) is 4.98 Å². The highest BCUT2D eigenvalue weighted by atomic mass is 15.3. The Labute approximate surface area is 143 Å². The lowest BCUT2D eigenvalue weighted by atomic mass is 10.2. The minimum Gasteiger partial charge on any atom is -0.340 e. The summed E-state index contributed by atoms with van der Waals surface area (Å²) in [7, 11) is 0. The molecule has 0 fully saturated rings. The lowest BCUT2D eigenvalue weighted by Crippen LogP contribution is -2.19. The van der Waals surface area contributed by atoms with Crippen molar-refractivity contribution >= 4 is 23.1 Å². The highest BCUT2D eigenvalue weighted by Crippen LogP contribution is 2.25. The second-order valence-corrected chi connectivity index (χ2v) is 5.71. The number of hydrogen-bond acceptors (Lipinski definition) is 4. The molecule has 0 spiro atoms. The van der Waals surface area contributed by atoms with Crippen molar-refractivity contribution in [2.45, 2.75) is 20.8 Å². The summed E-state index contributed by atoms with van der Waals surface area (Å²) in [6, 6.07) is 20.4. The van der Waals surface area contributed by atoms with Gasteiger partial charge in [0, 0.05) is 29.7 Å². The maximum absolute atomic E-state index is 4.72. The van der Waals surface area contributed by atoms with Gasteiger partial charge in [0.1, 0.15) is 5.82 Å². The molecule has 0 aliphatic carbocycles. The van der Waals surface area contributed by atoms with Crippen LogP contribution in [0.1, 0.15) is 18.2 Å². The zero-order chi connectivity index (χ0) is 16.9. The molecule has 0 saturated carbocycles. The molecule has 2 aromatic carbocycles. The molecule has 4 heteroatoms. The molecule has 1 N–H and O–H groups in total. The van der Waals surface area contributed by atoms with E-state index in [2.05, 4.69) is 53.3 Å². The van der Waals surface area contributed by atoms with Gasteiger partial charge in [0.25, 0.3) is 0 Å². The Kier molecular flexibility index (Phi) is 4.75. The van der Waals surface area contributed by atoms with Gasteiger partial charge in [0.05, 0.1) is 0 Å². The summed E-state index contributed by atoms with van der Waals surface area (Å²) >= 11 is 0. The average Bonchev–Trinajstić information content (AvgIpc) is 2.58. The number of para-hydroxylation sites is 2. The fraction of sp³-hybridized carbons (Fsp3) is 0.200. The van der Waals surface area contributed by atoms with E-state index in [1.807, 2.05) is 43.3 Å². The second-order valence-electron chi connectivity index (χ2n) is 5.71. The van der Waals surface area contributed by atoms with Crippen LogP contribution in [-0.4, -0.2) is 16.5 Å². The summed E-state index contributed by atoms with van der Waals surface area (Å²) in [5.41, 5.74) is 4.27. The first kappa shape index (κ1) is 16.0. The van der Waals surface area contributed by atoms with Gasteiger partial charge in [-0.05, 0) is 44.5 Å². The van der Waals surface area contributed by atoms with E-state index in [1.54, 1.807) is 0 Å². The Morgan fingerprint density at radius 2 is 1.62 bits per heavy atom. The number of benzene rings is 2. The van der Waals surface area contributed by atoms with Gasteiger partial charge in [0.2, 0.25) is 5.95 Å². The minimum atomic E-state index is 0.708. The van der Waals surface area contributed by atoms with Gasteiger partial charge in [0.15, 0.2) is 0 Å². The Morgan fingerprint density at radius 3 is 2.33 bits per heavy atom. The molecule has 1 heterocycles. The van der Waals surface area contributed by atoms with Gasteiger partial charge in [-0.1, -0.05) is 36.4 Å². The van der Waals surface area contributed by atoms with E-state index >= 15 is 0 Å². The predicted molar refractivity (Wildman–Crippen MR) is 100 cm³/mol. The van der Waals surface area contributed by atoms with Crippen LogP contribution in [0.4, 0.5) is 23.1 Å². The zero-order valence-electron chi connectivity index (χ0n) is 14.3. The molecule has 0 saturated heterocycles. The van der Waals surface area contributed by atoms with Crippen LogP contribution >= 0.6 is 0 Å². The van der Waals surface area contributed by atoms with Crippen LogP contribution in [0.25, 0.3) is 0 Å². The SMILES string of the molecule is CCN(c1ccccc1)c1nc(C)cc(Nc2ccccc2C)n1. The molecule has 0 aliphatic heterocycles. The Morgan fingerprint density at radius 1 is 0.917 bits per heavy atom. The van der Waals surface area contributed by atoms with Crippen LogP contribution in [0.15, 0.2) is 60.7 Å². The number of anilines is 4. The Bertz CT molecular complexity index is 815. The summed E-state index contributed by atoms with van der Waals surface area (Å²) in [4.78, 5) is 11.4. The lowest BCUT2D eigenvalue weighted by Gasteiger charge is -2.22. The van der Waals surface area contributed by atoms with E-state index in [0.29, 0.717) is 5.95 Å². The number of nitrogens with one attached hydrogen (secondary N) is 1. The maximum Gasteiger partial charge on any atom is 0.232 e. The summed E-state index contributed by atoms with van der Waals surface area (Å²) in [5, 5.41) is 3.41. The van der Waals surface area contributed by atoms with Crippen LogP contribution < -0.4 is 10.2 Å². The summed E-state index contributed by atoms with van der Waals surface area (Å²) in [5.74, 6) is 1.51. The van der Waals surface area contributed by atoms with Gasteiger partial charge >= 0.3 is 0 Å². The quantitative estimate of drug-likeness (QED) is 0.719. The van der Waals surface area contributed by atoms with Gasteiger partial charge in [-0.3, -0.25) is 0 Å². The average molecular weight is 318 g/mol. The number of aryl methyl sites for hydroxylation is 2. The fourth-order valence-electron chi connectivity index (χ4n) is 2.64. The van der Waals surface area contributed by atoms with Gasteiger partial charge in [-0.2, -0.15) is 4.98 Å². The number of nitrogens with zero attached hydrogens (tertiary/aromatic N) is 3. The van der Waals surface area contributed by atoms with Crippen molar-refractivity contribution in [3.63, 3.8) is 0 Å². The molecule has 1 aromatic heterocycles. The van der Waals surface area contributed by atoms with Crippen molar-refractivity contribution in [2.24, 2.45) is 0 Å². The summed E-state index contributed by atoms with van der Waals surface area (Å²) in [6.07, 6.45) is 0. The van der Waals surface area contributed by atoms with Crippen molar-refractivity contribution < 1.29 is 0 Å². The van der Waals surface area contributed by atoms with Crippen molar-refractivity contribution in [1.29, 1.82) is 0 Å². The van der Waals surface area contributed by atoms with Crippen LogP contribution in [0.5, 0.6) is 0 Å². The highest BCUT2D eigenvalue weighted by Gasteiger charge is 2.12. The molecule has 0 unspecified atom stereocenters. The minimum absolute atomic E-state index is 0.708. The van der Waals surface area contributed by atoms with E-state index in [-0.39, 0.29) is 0 Å². The van der Waals surface area contributed by atoms with Gasteiger partial charge < -0.3 is 10.2 Å². The first-order valence-corrected chi connectivity index (χ1v) is 8.18. The number of aromatic nitrogens is 2. The van der Waals surface area contributed by atoms with Crippen LogP contribution in [0, 0.1) is 13.8 Å². The van der Waals surface area contributed by atoms with E-state index in [9.17, 15) is 0 Å². The van der Waals surface area contributed by atoms with Crippen molar-refractivity contribution in [2.75, 3.05) is 16.8 Å². The van der Waals surface area contributed by atoms with Crippen molar-refractivity contribution in [3.05, 3.63) is 71.9 Å². The van der Waals surface area contributed by atoms with Crippen LogP contribution in [0.3, 0.4) is 0 Å². The lowest BCUT2D eigenvalue weighted by molar-refractivity contribution is 0.936. The standard InChI is InChI=1S/C20H22N4/c1-4-24(17-11-6-5-7-12-17)20-21-16(3)14-19(23-20)22-18-13-9-8-10-15(18)2/h5-14H,4H2,1-3H3,(H,21,22,23). The third-order valence-corrected chi connectivity index (χ3v) is 3.88. The fourth-order valence-corrected chi connectivity index (χ4v) is 2.64. The number of hydrogen-bond donors (Lipinski definition) is 1. The van der Waals surface area contributed by atoms with E-state index < -0.39 is 0 Å². The Balaban J connectivity index is 1.95. The third-order valence-electron chi connectivity index (χ3n) is 3.88. The third kappa shape index (κ3) is 3.54. The predicted octanol–water partition coefficient (Wildman–Crippen LogP) is 5.00. The topological polar surface area (TPSA) is 41.1 Å². The molecule has 3 rings (SSSR count). The van der Waals surface area contributed by atoms with Crippen LogP contribution in [0.2, 0.25) is 0 Å². The first-order chi connectivity index (χ1) is 11.7. The molecule has 0 bridgehead atoms. The smallest absolute Gasteiger partial charge is 0.232 e. The molecule has 0 atom stereocenters. The molecule has 4 nitrogen and oxygen atoms in total. The molecule has 0 amide bonds. The molecule has 24 heavy (non-hydrogen) atoms. The Hall–Kier alpha value is -2.88. The molecule has 0 radical (unpaired) electrons. The zero-order valence-corrected chi connectivity index (χ0v) is 14.3. The normalized spacial score (nSPS) is 10.5. The molecule has 122 valence electrons. The van der Waals surface area contributed by atoms with E-state index in [4.69, 9.17) is 4.98 Å². The largest absolute Gasteiger partial charge is 0.340 e. The first-order valence-electron chi connectivity index (χ1n) is 8.18. The maximum atomic E-state index is 4.72. The van der Waals surface area contributed by atoms with E-state index in [0.717, 1.165) is 29.4 Å². The molecule has 3 aromatic rings. The van der Waals surface area contributed by atoms with Crippen molar-refractivity contribution in [1.82, 2.24) is 9.97 Å². The summed E-state index contributed by atoms with van der Waals surface area (Å²) < 4.78 is 0. The highest BCUT2D eigenvalue weighted by molar-refractivity contribution is 5.63. The molecular formula is C20H22N4. The van der Waals surface area contributed by atoms with E-state index in [1.165, 1.54) is 5.56 Å². The number of rotatable bonds is 5. The summed E-state index contributed by atoms with van der Waals surface area (Å²) in [6.45, 7) is 6.98.